The van der Waals surface area contributed by atoms with Crippen LogP contribution in [0.4, 0.5) is 8.78 Å². The van der Waals surface area contributed by atoms with Crippen LogP contribution in [0, 0.1) is 30.4 Å². The minimum absolute atomic E-state index is 0.0758. The van der Waals surface area contributed by atoms with Crippen molar-refractivity contribution in [3.8, 4) is 0 Å². The molecule has 5 heteroatoms. The Labute approximate surface area is 165 Å². The highest BCUT2D eigenvalue weighted by Gasteiger charge is 2.48. The fourth-order valence-electron chi connectivity index (χ4n) is 4.91. The Morgan fingerprint density at radius 2 is 1.93 bits per heavy atom. The number of carbonyl (C=O) groups excluding carboxylic acids is 1. The maximum atomic E-state index is 13.9. The van der Waals surface area contributed by atoms with E-state index in [0.29, 0.717) is 23.8 Å². The van der Waals surface area contributed by atoms with Gasteiger partial charge in [0.1, 0.15) is 11.6 Å². The first-order chi connectivity index (χ1) is 13.5. The first-order valence-electron chi connectivity index (χ1n) is 9.98. The first kappa shape index (κ1) is 19.1. The van der Waals surface area contributed by atoms with Crippen molar-refractivity contribution < 1.29 is 13.6 Å². The molecule has 0 aromatic heterocycles. The van der Waals surface area contributed by atoms with Crippen LogP contribution in [0.25, 0.3) is 0 Å². The summed E-state index contributed by atoms with van der Waals surface area (Å²) in [6, 6.07) is 11.9. The van der Waals surface area contributed by atoms with Crippen molar-refractivity contribution in [2.45, 2.75) is 32.9 Å². The summed E-state index contributed by atoms with van der Waals surface area (Å²) < 4.78 is 27.4. The van der Waals surface area contributed by atoms with Gasteiger partial charge in [-0.2, -0.15) is 0 Å². The van der Waals surface area contributed by atoms with Crippen LogP contribution in [0.5, 0.6) is 0 Å². The normalized spacial score (nSPS) is 24.6. The zero-order chi connectivity index (χ0) is 19.8. The van der Waals surface area contributed by atoms with Crippen LogP contribution in [0.1, 0.15) is 36.1 Å². The number of hydrogen-bond acceptors (Lipinski definition) is 2. The van der Waals surface area contributed by atoms with E-state index in [4.69, 9.17) is 0 Å². The predicted molar refractivity (Wildman–Crippen MR) is 105 cm³/mol. The van der Waals surface area contributed by atoms with E-state index in [2.05, 4.69) is 4.90 Å². The standard InChI is InChI=1S/C23H26F2N2O/c1-3-22(28)27-13-18-12-26(11-16-7-8-21(25)15(2)9-16)14-20(18)23(27)17-5-4-6-19(24)10-17/h4-10,18,20,23H,3,11-14H2,1-2H3/t18-,20-,23+/m0/s1. The molecular formula is C23H26F2N2O. The van der Waals surface area contributed by atoms with Gasteiger partial charge in [-0.1, -0.05) is 31.2 Å². The first-order valence-corrected chi connectivity index (χ1v) is 9.98. The lowest BCUT2D eigenvalue weighted by Gasteiger charge is -2.30. The smallest absolute Gasteiger partial charge is 0.222 e. The van der Waals surface area contributed by atoms with Crippen molar-refractivity contribution >= 4 is 5.91 Å². The minimum Gasteiger partial charge on any atom is -0.335 e. The third-order valence-electron chi connectivity index (χ3n) is 6.18. The number of amides is 1. The van der Waals surface area contributed by atoms with Crippen LogP contribution in [0.3, 0.4) is 0 Å². The number of halogens is 2. The molecule has 28 heavy (non-hydrogen) atoms. The molecular weight excluding hydrogens is 358 g/mol. The number of benzene rings is 2. The third-order valence-corrected chi connectivity index (χ3v) is 6.18. The number of likely N-dealkylation sites (tertiary alicyclic amines) is 2. The minimum atomic E-state index is -0.263. The molecule has 0 saturated carbocycles. The van der Waals surface area contributed by atoms with Gasteiger partial charge in [-0.3, -0.25) is 9.69 Å². The molecule has 0 N–H and O–H groups in total. The van der Waals surface area contributed by atoms with E-state index in [1.807, 2.05) is 30.0 Å². The van der Waals surface area contributed by atoms with Gasteiger partial charge < -0.3 is 4.90 Å². The molecule has 3 atom stereocenters. The molecule has 0 bridgehead atoms. The van der Waals surface area contributed by atoms with Crippen molar-refractivity contribution in [3.63, 3.8) is 0 Å². The third kappa shape index (κ3) is 3.55. The molecule has 2 fully saturated rings. The SMILES string of the molecule is CCC(=O)N1C[C@@H]2CN(Cc3ccc(F)c(C)c3)C[C@@H]2[C@H]1c1cccc(F)c1. The molecule has 2 aliphatic rings. The molecule has 2 saturated heterocycles. The zero-order valence-electron chi connectivity index (χ0n) is 16.4. The summed E-state index contributed by atoms with van der Waals surface area (Å²) in [6.45, 7) is 6.91. The Bertz CT molecular complexity index is 885. The van der Waals surface area contributed by atoms with Crippen molar-refractivity contribution in [2.24, 2.45) is 11.8 Å². The molecule has 0 radical (unpaired) electrons. The fraction of sp³-hybridized carbons (Fsp3) is 0.435. The highest BCUT2D eigenvalue weighted by molar-refractivity contribution is 5.77. The molecule has 2 aliphatic heterocycles. The quantitative estimate of drug-likeness (QED) is 0.784. The van der Waals surface area contributed by atoms with Crippen LogP contribution >= 0.6 is 0 Å². The van der Waals surface area contributed by atoms with Gasteiger partial charge >= 0.3 is 0 Å². The second-order valence-electron chi connectivity index (χ2n) is 8.10. The van der Waals surface area contributed by atoms with Gasteiger partial charge in [0.15, 0.2) is 0 Å². The van der Waals surface area contributed by atoms with E-state index in [0.717, 1.165) is 37.3 Å². The Balaban J connectivity index is 1.55. The van der Waals surface area contributed by atoms with Gasteiger partial charge in [0.25, 0.3) is 0 Å². The Kier molecular flexibility index (Phi) is 5.19. The van der Waals surface area contributed by atoms with E-state index >= 15 is 0 Å². The van der Waals surface area contributed by atoms with E-state index in [1.54, 1.807) is 19.1 Å². The van der Waals surface area contributed by atoms with Gasteiger partial charge in [-0.15, -0.1) is 0 Å². The largest absolute Gasteiger partial charge is 0.335 e. The molecule has 3 nitrogen and oxygen atoms in total. The Morgan fingerprint density at radius 1 is 1.11 bits per heavy atom. The molecule has 1 amide bonds. The second kappa shape index (κ2) is 7.63. The lowest BCUT2D eigenvalue weighted by atomic mass is 9.89. The second-order valence-corrected chi connectivity index (χ2v) is 8.10. The fourth-order valence-corrected chi connectivity index (χ4v) is 4.91. The summed E-state index contributed by atoms with van der Waals surface area (Å²) in [5, 5.41) is 0. The Morgan fingerprint density at radius 3 is 2.64 bits per heavy atom. The zero-order valence-corrected chi connectivity index (χ0v) is 16.4. The molecule has 2 aromatic carbocycles. The van der Waals surface area contributed by atoms with Gasteiger partial charge in [0.05, 0.1) is 6.04 Å². The van der Waals surface area contributed by atoms with E-state index in [9.17, 15) is 13.6 Å². The topological polar surface area (TPSA) is 23.6 Å². The molecule has 2 aromatic rings. The number of carbonyl (C=O) groups is 1. The number of hydrogen-bond donors (Lipinski definition) is 0. The van der Waals surface area contributed by atoms with E-state index in [-0.39, 0.29) is 23.6 Å². The van der Waals surface area contributed by atoms with Gasteiger partial charge in [-0.05, 0) is 47.7 Å². The van der Waals surface area contributed by atoms with Crippen LogP contribution < -0.4 is 0 Å². The van der Waals surface area contributed by atoms with Gasteiger partial charge in [0, 0.05) is 38.5 Å². The van der Waals surface area contributed by atoms with Crippen LogP contribution in [0.15, 0.2) is 42.5 Å². The van der Waals surface area contributed by atoms with Crippen molar-refractivity contribution in [2.75, 3.05) is 19.6 Å². The monoisotopic (exact) mass is 384 g/mol. The van der Waals surface area contributed by atoms with E-state index in [1.165, 1.54) is 12.1 Å². The number of nitrogens with zero attached hydrogens (tertiary/aromatic N) is 2. The predicted octanol–water partition coefficient (Wildman–Crippen LogP) is 4.31. The molecule has 0 spiro atoms. The van der Waals surface area contributed by atoms with Crippen LogP contribution in [-0.2, 0) is 11.3 Å². The van der Waals surface area contributed by atoms with Gasteiger partial charge in [-0.25, -0.2) is 8.78 Å². The maximum absolute atomic E-state index is 13.9. The number of fused-ring (bicyclic) bond motifs is 1. The lowest BCUT2D eigenvalue weighted by Crippen LogP contribution is -2.35. The Hall–Kier alpha value is -2.27. The van der Waals surface area contributed by atoms with Crippen molar-refractivity contribution in [1.29, 1.82) is 0 Å². The summed E-state index contributed by atoms with van der Waals surface area (Å²) in [6.07, 6.45) is 0.462. The number of rotatable bonds is 4. The van der Waals surface area contributed by atoms with Crippen molar-refractivity contribution in [1.82, 2.24) is 9.80 Å². The highest BCUT2D eigenvalue weighted by atomic mass is 19.1. The summed E-state index contributed by atoms with van der Waals surface area (Å²) >= 11 is 0. The molecule has 2 heterocycles. The average molecular weight is 384 g/mol. The summed E-state index contributed by atoms with van der Waals surface area (Å²) in [7, 11) is 0. The molecule has 148 valence electrons. The average Bonchev–Trinajstić information content (AvgIpc) is 3.21. The number of aryl methyl sites for hydroxylation is 1. The molecule has 0 aliphatic carbocycles. The van der Waals surface area contributed by atoms with Crippen LogP contribution in [-0.4, -0.2) is 35.3 Å². The lowest BCUT2D eigenvalue weighted by molar-refractivity contribution is -0.132. The van der Waals surface area contributed by atoms with Gasteiger partial charge in [0.2, 0.25) is 5.91 Å². The van der Waals surface area contributed by atoms with Crippen molar-refractivity contribution in [3.05, 3.63) is 70.8 Å². The van der Waals surface area contributed by atoms with E-state index < -0.39 is 0 Å². The van der Waals surface area contributed by atoms with Crippen LogP contribution in [0.2, 0.25) is 0 Å². The molecule has 0 unspecified atom stereocenters. The highest BCUT2D eigenvalue weighted by Crippen LogP contribution is 2.45. The molecule has 4 rings (SSSR count). The summed E-state index contributed by atoms with van der Waals surface area (Å²) in [5.74, 6) is 0.358. The maximum Gasteiger partial charge on any atom is 0.222 e. The summed E-state index contributed by atoms with van der Waals surface area (Å²) in [4.78, 5) is 16.9. The summed E-state index contributed by atoms with van der Waals surface area (Å²) in [5.41, 5.74) is 2.64.